The molecule has 5 nitrogen and oxygen atoms in total. The van der Waals surface area contributed by atoms with Crippen LogP contribution in [0.1, 0.15) is 106 Å². The standard InChI is InChI=1S/C34H50FNO4Si/c1-10-11-13-23-20-25(14-12-19-39-41(8,9)34(5,6)7)29-26(21-23)22-28(31(29)37)30(24-15-17-27(35)18-16-24)36-32(38)40-33(2,3)4/h15-18,20-21,28,30H,10-14,19,22H2,1-9H3,(H,36,38)/t28-,30+/m0/s1. The summed E-state index contributed by atoms with van der Waals surface area (Å²) < 4.78 is 25.8. The monoisotopic (exact) mass is 583 g/mol. The smallest absolute Gasteiger partial charge is 0.408 e. The van der Waals surface area contributed by atoms with Gasteiger partial charge in [-0.3, -0.25) is 4.79 Å². The van der Waals surface area contributed by atoms with Crippen molar-refractivity contribution in [3.8, 4) is 0 Å². The van der Waals surface area contributed by atoms with Crippen LogP contribution in [0.4, 0.5) is 9.18 Å². The largest absolute Gasteiger partial charge is 0.444 e. The van der Waals surface area contributed by atoms with Crippen LogP contribution in [0.2, 0.25) is 18.1 Å². The number of carbonyl (C=O) groups is 2. The molecule has 0 radical (unpaired) electrons. The molecule has 0 fully saturated rings. The number of nitrogens with one attached hydrogen (secondary N) is 1. The topological polar surface area (TPSA) is 64.6 Å². The van der Waals surface area contributed by atoms with Gasteiger partial charge in [0.05, 0.1) is 12.0 Å². The van der Waals surface area contributed by atoms with Gasteiger partial charge in [0.2, 0.25) is 0 Å². The maximum absolute atomic E-state index is 14.1. The molecule has 2 aromatic rings. The molecule has 3 rings (SSSR count). The Morgan fingerprint density at radius 2 is 1.71 bits per heavy atom. The van der Waals surface area contributed by atoms with Crippen LogP contribution in [0.25, 0.3) is 0 Å². The predicted molar refractivity (Wildman–Crippen MR) is 167 cm³/mol. The Balaban J connectivity index is 1.91. The van der Waals surface area contributed by atoms with E-state index < -0.39 is 32.0 Å². The Labute approximate surface area is 247 Å². The van der Waals surface area contributed by atoms with Crippen molar-refractivity contribution in [3.63, 3.8) is 0 Å². The van der Waals surface area contributed by atoms with Crippen LogP contribution in [0.3, 0.4) is 0 Å². The number of amides is 1. The SMILES string of the molecule is CCCCc1cc(CCCO[Si](C)(C)C(C)(C)C)c2c(c1)C[C@@H]([C@H](NC(=O)OC(C)(C)C)c1ccc(F)cc1)C2=O. The fourth-order valence-corrected chi connectivity index (χ4v) is 6.24. The molecule has 41 heavy (non-hydrogen) atoms. The van der Waals surface area contributed by atoms with Crippen molar-refractivity contribution in [1.29, 1.82) is 0 Å². The number of aryl methyl sites for hydroxylation is 2. The lowest BCUT2D eigenvalue weighted by atomic mass is 9.89. The summed E-state index contributed by atoms with van der Waals surface area (Å²) in [5.41, 5.74) is 4.12. The number of hydrogen-bond donors (Lipinski definition) is 1. The number of Topliss-reactive ketones (excluding diaryl/α,β-unsaturated/α-hetero) is 1. The van der Waals surface area contributed by atoms with E-state index in [2.05, 4.69) is 58.2 Å². The van der Waals surface area contributed by atoms with Gasteiger partial charge in [0.1, 0.15) is 11.4 Å². The van der Waals surface area contributed by atoms with Crippen LogP contribution in [0, 0.1) is 11.7 Å². The summed E-state index contributed by atoms with van der Waals surface area (Å²) in [7, 11) is -1.85. The number of halogens is 1. The van der Waals surface area contributed by atoms with E-state index in [1.165, 1.54) is 17.7 Å². The highest BCUT2D eigenvalue weighted by atomic mass is 28.4. The number of ether oxygens (including phenoxy) is 1. The molecule has 0 saturated carbocycles. The van der Waals surface area contributed by atoms with Gasteiger partial charge in [-0.05, 0) is 105 Å². The summed E-state index contributed by atoms with van der Waals surface area (Å²) in [6.45, 7) is 19.5. The normalized spacial score (nSPS) is 16.4. The second-order valence-electron chi connectivity index (χ2n) is 14.0. The van der Waals surface area contributed by atoms with E-state index >= 15 is 0 Å². The van der Waals surface area contributed by atoms with Crippen molar-refractivity contribution < 1.29 is 23.1 Å². The van der Waals surface area contributed by atoms with E-state index in [-0.39, 0.29) is 16.6 Å². The van der Waals surface area contributed by atoms with E-state index in [0.29, 0.717) is 18.6 Å². The Bertz CT molecular complexity index is 1210. The molecule has 226 valence electrons. The van der Waals surface area contributed by atoms with Crippen LogP contribution in [0.15, 0.2) is 36.4 Å². The van der Waals surface area contributed by atoms with Crippen LogP contribution < -0.4 is 5.32 Å². The maximum atomic E-state index is 14.1. The molecule has 0 aromatic heterocycles. The molecule has 0 bridgehead atoms. The number of rotatable bonds is 11. The quantitative estimate of drug-likeness (QED) is 0.212. The third kappa shape index (κ3) is 8.74. The highest BCUT2D eigenvalue weighted by Gasteiger charge is 2.40. The second kappa shape index (κ2) is 13.2. The van der Waals surface area contributed by atoms with Crippen molar-refractivity contribution in [3.05, 3.63) is 70.0 Å². The predicted octanol–water partition coefficient (Wildman–Crippen LogP) is 8.74. The lowest BCUT2D eigenvalue weighted by Gasteiger charge is -2.36. The van der Waals surface area contributed by atoms with E-state index in [4.69, 9.17) is 9.16 Å². The van der Waals surface area contributed by atoms with Crippen LogP contribution in [-0.4, -0.2) is 32.4 Å². The highest BCUT2D eigenvalue weighted by Crippen LogP contribution is 2.39. The van der Waals surface area contributed by atoms with Gasteiger partial charge in [-0.1, -0.05) is 58.4 Å². The van der Waals surface area contributed by atoms with Crippen molar-refractivity contribution in [2.45, 2.75) is 117 Å². The molecule has 1 amide bonds. The molecule has 2 aromatic carbocycles. The highest BCUT2D eigenvalue weighted by molar-refractivity contribution is 6.74. The fourth-order valence-electron chi connectivity index (χ4n) is 5.15. The first-order chi connectivity index (χ1) is 19.0. The zero-order valence-electron chi connectivity index (χ0n) is 26.6. The number of benzene rings is 2. The Morgan fingerprint density at radius 3 is 2.29 bits per heavy atom. The number of ketones is 1. The van der Waals surface area contributed by atoms with Gasteiger partial charge in [0, 0.05) is 12.2 Å². The first-order valence-corrected chi connectivity index (χ1v) is 18.0. The molecular formula is C34H50FNO4Si. The summed E-state index contributed by atoms with van der Waals surface area (Å²) in [6, 6.07) is 9.74. The number of fused-ring (bicyclic) bond motifs is 1. The van der Waals surface area contributed by atoms with Gasteiger partial charge >= 0.3 is 6.09 Å². The van der Waals surface area contributed by atoms with Crippen molar-refractivity contribution >= 4 is 20.2 Å². The van der Waals surface area contributed by atoms with Gasteiger partial charge in [0.15, 0.2) is 14.1 Å². The van der Waals surface area contributed by atoms with Crippen LogP contribution in [-0.2, 0) is 28.4 Å². The van der Waals surface area contributed by atoms with E-state index in [0.717, 1.165) is 48.8 Å². The molecule has 0 aliphatic heterocycles. The molecule has 2 atom stereocenters. The summed E-state index contributed by atoms with van der Waals surface area (Å²) >= 11 is 0. The molecule has 0 unspecified atom stereocenters. The minimum Gasteiger partial charge on any atom is -0.444 e. The van der Waals surface area contributed by atoms with Crippen molar-refractivity contribution in [1.82, 2.24) is 5.32 Å². The van der Waals surface area contributed by atoms with Crippen molar-refractivity contribution in [2.24, 2.45) is 5.92 Å². The number of hydrogen-bond acceptors (Lipinski definition) is 4. The second-order valence-corrected chi connectivity index (χ2v) is 18.8. The van der Waals surface area contributed by atoms with Gasteiger partial charge in [0.25, 0.3) is 0 Å². The zero-order valence-corrected chi connectivity index (χ0v) is 27.6. The molecule has 0 spiro atoms. The van der Waals surface area contributed by atoms with Crippen LogP contribution in [0.5, 0.6) is 0 Å². The van der Waals surface area contributed by atoms with Gasteiger partial charge in [-0.15, -0.1) is 0 Å². The lowest BCUT2D eigenvalue weighted by Crippen LogP contribution is -2.41. The van der Waals surface area contributed by atoms with E-state index in [9.17, 15) is 14.0 Å². The number of alkyl carbamates (subject to hydrolysis) is 1. The maximum Gasteiger partial charge on any atom is 0.408 e. The summed E-state index contributed by atoms with van der Waals surface area (Å²) in [5.74, 6) is -0.854. The molecule has 0 saturated heterocycles. The Hall–Kier alpha value is -2.51. The third-order valence-electron chi connectivity index (χ3n) is 8.37. The fraction of sp³-hybridized carbons (Fsp3) is 0.588. The first kappa shape index (κ1) is 33.0. The lowest BCUT2D eigenvalue weighted by molar-refractivity contribution is 0.0484. The Kier molecular flexibility index (Phi) is 10.6. The zero-order chi connectivity index (χ0) is 30.6. The molecule has 1 N–H and O–H groups in total. The molecular weight excluding hydrogens is 533 g/mol. The molecule has 0 heterocycles. The molecule has 1 aliphatic rings. The molecule has 1 aliphatic carbocycles. The number of unbranched alkanes of at least 4 members (excludes halogenated alkanes) is 1. The summed E-state index contributed by atoms with van der Waals surface area (Å²) in [4.78, 5) is 27.0. The van der Waals surface area contributed by atoms with Gasteiger partial charge in [-0.2, -0.15) is 0 Å². The van der Waals surface area contributed by atoms with E-state index in [1.807, 2.05) is 0 Å². The first-order valence-electron chi connectivity index (χ1n) is 15.1. The Morgan fingerprint density at radius 1 is 1.05 bits per heavy atom. The summed E-state index contributed by atoms with van der Waals surface area (Å²) in [6.07, 6.45) is 4.67. The third-order valence-corrected chi connectivity index (χ3v) is 12.9. The van der Waals surface area contributed by atoms with Crippen LogP contribution >= 0.6 is 0 Å². The number of carbonyl (C=O) groups excluding carboxylic acids is 2. The van der Waals surface area contributed by atoms with E-state index in [1.54, 1.807) is 32.9 Å². The molecule has 7 heteroatoms. The van der Waals surface area contributed by atoms with Crippen molar-refractivity contribution in [2.75, 3.05) is 6.61 Å². The van der Waals surface area contributed by atoms with Gasteiger partial charge < -0.3 is 14.5 Å². The van der Waals surface area contributed by atoms with Gasteiger partial charge in [-0.25, -0.2) is 9.18 Å². The minimum absolute atomic E-state index is 0.0211. The minimum atomic E-state index is -1.85. The summed E-state index contributed by atoms with van der Waals surface area (Å²) in [5, 5.41) is 3.09. The average Bonchev–Trinajstić information content (AvgIpc) is 3.18. The average molecular weight is 584 g/mol.